The normalized spacial score (nSPS) is 13.6. The fourth-order valence-corrected chi connectivity index (χ4v) is 1.94. The highest BCUT2D eigenvalue weighted by Crippen LogP contribution is 2.26. The van der Waals surface area contributed by atoms with Crippen molar-refractivity contribution in [3.8, 4) is 11.5 Å². The van der Waals surface area contributed by atoms with Gasteiger partial charge in [-0.05, 0) is 19.2 Å². The van der Waals surface area contributed by atoms with E-state index in [9.17, 15) is 22.0 Å². The van der Waals surface area contributed by atoms with E-state index in [4.69, 9.17) is 9.52 Å². The first kappa shape index (κ1) is 17.4. The molecular weight excluding hydrogens is 323 g/mol. The summed E-state index contributed by atoms with van der Waals surface area (Å²) in [6.07, 6.45) is -6.13. The first-order valence-electron chi connectivity index (χ1n) is 6.50. The Morgan fingerprint density at radius 2 is 1.87 bits per heavy atom. The largest absolute Gasteiger partial charge is 0.444 e. The highest BCUT2D eigenvalue weighted by atomic mass is 19.4. The monoisotopic (exact) mass is 336 g/mol. The van der Waals surface area contributed by atoms with Gasteiger partial charge in [0, 0.05) is 13.1 Å². The topological polar surface area (TPSA) is 49.5 Å². The first-order chi connectivity index (χ1) is 10.7. The molecule has 9 heteroatoms. The van der Waals surface area contributed by atoms with E-state index in [-0.39, 0.29) is 18.1 Å². The minimum Gasteiger partial charge on any atom is -0.444 e. The zero-order valence-corrected chi connectivity index (χ0v) is 11.9. The van der Waals surface area contributed by atoms with E-state index in [1.54, 1.807) is 0 Å². The number of oxazole rings is 1. The quantitative estimate of drug-likeness (QED) is 0.853. The summed E-state index contributed by atoms with van der Waals surface area (Å²) in [4.78, 5) is 5.02. The number of benzene rings is 1. The molecule has 0 aliphatic heterocycles. The third-order valence-electron chi connectivity index (χ3n) is 3.02. The van der Waals surface area contributed by atoms with E-state index < -0.39 is 36.0 Å². The number of hydrogen-bond acceptors (Lipinski definition) is 4. The summed E-state index contributed by atoms with van der Waals surface area (Å²) in [6, 6.07) is 3.26. The SMILES string of the molecule is CN(Cc1coc(-c2c(F)cccc2F)n1)CC(O)C(F)(F)F. The van der Waals surface area contributed by atoms with Crippen molar-refractivity contribution in [2.75, 3.05) is 13.6 Å². The maximum Gasteiger partial charge on any atom is 0.415 e. The lowest BCUT2D eigenvalue weighted by atomic mass is 10.2. The Kier molecular flexibility index (Phi) is 5.00. The van der Waals surface area contributed by atoms with Crippen LogP contribution in [0.5, 0.6) is 0 Å². The van der Waals surface area contributed by atoms with Crippen LogP contribution in [-0.4, -0.2) is 40.9 Å². The third kappa shape index (κ3) is 4.26. The van der Waals surface area contributed by atoms with Crippen LogP contribution in [0.2, 0.25) is 0 Å². The molecule has 0 saturated heterocycles. The lowest BCUT2D eigenvalue weighted by Crippen LogP contribution is -2.39. The molecule has 1 aromatic carbocycles. The van der Waals surface area contributed by atoms with Crippen molar-refractivity contribution in [3.05, 3.63) is 41.8 Å². The summed E-state index contributed by atoms with van der Waals surface area (Å²) in [6.45, 7) is -0.757. The minimum atomic E-state index is -4.72. The van der Waals surface area contributed by atoms with Gasteiger partial charge in [0.15, 0.2) is 6.10 Å². The predicted molar refractivity (Wildman–Crippen MR) is 70.3 cm³/mol. The molecule has 0 radical (unpaired) electrons. The number of aliphatic hydroxyl groups is 1. The van der Waals surface area contributed by atoms with Crippen molar-refractivity contribution >= 4 is 0 Å². The average molecular weight is 336 g/mol. The van der Waals surface area contributed by atoms with Crippen molar-refractivity contribution in [1.29, 1.82) is 0 Å². The molecule has 0 fully saturated rings. The number of halogens is 5. The van der Waals surface area contributed by atoms with Crippen LogP contribution < -0.4 is 0 Å². The molecule has 1 heterocycles. The highest BCUT2D eigenvalue weighted by molar-refractivity contribution is 5.55. The molecule has 1 aromatic heterocycles. The van der Waals surface area contributed by atoms with Crippen molar-refractivity contribution in [2.45, 2.75) is 18.8 Å². The summed E-state index contributed by atoms with van der Waals surface area (Å²) >= 11 is 0. The third-order valence-corrected chi connectivity index (χ3v) is 3.02. The van der Waals surface area contributed by atoms with Gasteiger partial charge in [-0.1, -0.05) is 6.07 Å². The Morgan fingerprint density at radius 1 is 1.26 bits per heavy atom. The molecule has 23 heavy (non-hydrogen) atoms. The molecule has 0 saturated carbocycles. The van der Waals surface area contributed by atoms with E-state index in [2.05, 4.69) is 4.98 Å². The molecular formula is C14H13F5N2O2. The first-order valence-corrected chi connectivity index (χ1v) is 6.50. The van der Waals surface area contributed by atoms with E-state index in [0.717, 1.165) is 23.3 Å². The van der Waals surface area contributed by atoms with Crippen molar-refractivity contribution in [2.24, 2.45) is 0 Å². The lowest BCUT2D eigenvalue weighted by Gasteiger charge is -2.21. The summed E-state index contributed by atoms with van der Waals surface area (Å²) < 4.78 is 69.0. The van der Waals surface area contributed by atoms with Gasteiger partial charge in [0.1, 0.15) is 23.5 Å². The number of aromatic nitrogens is 1. The molecule has 1 atom stereocenters. The standard InChI is InChI=1S/C14H13F5N2O2/c1-21(6-11(22)14(17,18)19)5-8-7-23-13(20-8)12-9(15)3-2-4-10(12)16/h2-4,7,11,22H,5-6H2,1H3. The van der Waals surface area contributed by atoms with Crippen molar-refractivity contribution in [3.63, 3.8) is 0 Å². The van der Waals surface area contributed by atoms with Crippen LogP contribution in [0.4, 0.5) is 22.0 Å². The number of likely N-dealkylation sites (N-methyl/N-ethyl adjacent to an activating group) is 1. The number of hydrogen-bond donors (Lipinski definition) is 1. The van der Waals surface area contributed by atoms with Crippen LogP contribution in [0.3, 0.4) is 0 Å². The number of alkyl halides is 3. The van der Waals surface area contributed by atoms with Gasteiger partial charge in [-0.2, -0.15) is 13.2 Å². The molecule has 4 nitrogen and oxygen atoms in total. The fraction of sp³-hybridized carbons (Fsp3) is 0.357. The van der Waals surface area contributed by atoms with Crippen LogP contribution in [0, 0.1) is 11.6 Å². The average Bonchev–Trinajstić information content (AvgIpc) is 2.85. The molecule has 0 aliphatic rings. The zero-order chi connectivity index (χ0) is 17.2. The fourth-order valence-electron chi connectivity index (χ4n) is 1.94. The molecule has 0 aliphatic carbocycles. The molecule has 1 unspecified atom stereocenters. The van der Waals surface area contributed by atoms with E-state index in [1.165, 1.54) is 13.1 Å². The van der Waals surface area contributed by atoms with Gasteiger partial charge >= 0.3 is 6.18 Å². The lowest BCUT2D eigenvalue weighted by molar-refractivity contribution is -0.207. The zero-order valence-electron chi connectivity index (χ0n) is 11.9. The van der Waals surface area contributed by atoms with Crippen LogP contribution in [0.15, 0.2) is 28.9 Å². The highest BCUT2D eigenvalue weighted by Gasteiger charge is 2.38. The number of nitrogens with zero attached hydrogens (tertiary/aromatic N) is 2. The predicted octanol–water partition coefficient (Wildman–Crippen LogP) is 2.97. The maximum atomic E-state index is 13.6. The number of rotatable bonds is 5. The Hall–Kier alpha value is -2.00. The van der Waals surface area contributed by atoms with Crippen molar-refractivity contribution in [1.82, 2.24) is 9.88 Å². The van der Waals surface area contributed by atoms with Gasteiger partial charge in [0.25, 0.3) is 0 Å². The maximum absolute atomic E-state index is 13.6. The number of aliphatic hydroxyl groups excluding tert-OH is 1. The molecule has 2 rings (SSSR count). The van der Waals surface area contributed by atoms with Crippen LogP contribution in [0.25, 0.3) is 11.5 Å². The smallest absolute Gasteiger partial charge is 0.415 e. The van der Waals surface area contributed by atoms with Crippen LogP contribution >= 0.6 is 0 Å². The Labute approximate surface area is 128 Å². The second-order valence-corrected chi connectivity index (χ2v) is 4.99. The minimum absolute atomic E-state index is 0.0906. The van der Waals surface area contributed by atoms with Gasteiger partial charge in [-0.3, -0.25) is 4.90 Å². The summed E-state index contributed by atoms with van der Waals surface area (Å²) in [5.74, 6) is -2.03. The molecule has 1 N–H and O–H groups in total. The van der Waals surface area contributed by atoms with Gasteiger partial charge in [-0.25, -0.2) is 13.8 Å². The van der Waals surface area contributed by atoms with Crippen LogP contribution in [-0.2, 0) is 6.54 Å². The molecule has 0 spiro atoms. The second-order valence-electron chi connectivity index (χ2n) is 4.99. The van der Waals surface area contributed by atoms with Gasteiger partial charge in [0.05, 0.1) is 5.69 Å². The molecule has 126 valence electrons. The van der Waals surface area contributed by atoms with Crippen molar-refractivity contribution < 1.29 is 31.5 Å². The van der Waals surface area contributed by atoms with Gasteiger partial charge in [-0.15, -0.1) is 0 Å². The van der Waals surface area contributed by atoms with Crippen LogP contribution in [0.1, 0.15) is 5.69 Å². The Bertz CT molecular complexity index is 651. The van der Waals surface area contributed by atoms with Gasteiger partial charge in [0.2, 0.25) is 5.89 Å². The summed E-state index contributed by atoms with van der Waals surface area (Å²) in [7, 11) is 1.34. The summed E-state index contributed by atoms with van der Waals surface area (Å²) in [5, 5.41) is 8.98. The molecule has 0 bridgehead atoms. The van der Waals surface area contributed by atoms with E-state index >= 15 is 0 Å². The molecule has 0 amide bonds. The van der Waals surface area contributed by atoms with E-state index in [1.807, 2.05) is 0 Å². The van der Waals surface area contributed by atoms with Gasteiger partial charge < -0.3 is 9.52 Å². The second kappa shape index (κ2) is 6.63. The molecule has 2 aromatic rings. The summed E-state index contributed by atoms with van der Waals surface area (Å²) in [5.41, 5.74) is -0.267. The Morgan fingerprint density at radius 3 is 2.43 bits per heavy atom. The Balaban J connectivity index is 2.08. The van der Waals surface area contributed by atoms with E-state index in [0.29, 0.717) is 0 Å².